The Labute approximate surface area is 252 Å². The molecule has 2 aromatic carbocycles. The predicted octanol–water partition coefficient (Wildman–Crippen LogP) is 5.64. The van der Waals surface area contributed by atoms with Gasteiger partial charge in [-0.25, -0.2) is 0 Å². The third-order valence-electron chi connectivity index (χ3n) is 8.62. The molecule has 0 atom stereocenters. The van der Waals surface area contributed by atoms with Crippen LogP contribution in [0.5, 0.6) is 23.1 Å². The molecule has 11 heteroatoms. The maximum Gasteiger partial charge on any atom is 0.232 e. The molecule has 4 aromatic rings. The van der Waals surface area contributed by atoms with Crippen molar-refractivity contribution in [2.45, 2.75) is 50.7 Å². The number of aromatic amines is 1. The third-order valence-corrected chi connectivity index (χ3v) is 8.62. The number of fused-ring (bicyclic) bond motifs is 1. The smallest absolute Gasteiger partial charge is 0.232 e. The average molecular weight is 588 g/mol. The van der Waals surface area contributed by atoms with Gasteiger partial charge in [0.2, 0.25) is 11.8 Å². The first-order valence-electron chi connectivity index (χ1n) is 15.0. The van der Waals surface area contributed by atoms with Crippen LogP contribution in [0.15, 0.2) is 36.4 Å². The number of piperidine rings is 1. The number of ether oxygens (including phenoxy) is 4. The van der Waals surface area contributed by atoms with E-state index in [0.717, 1.165) is 85.4 Å². The van der Waals surface area contributed by atoms with Crippen LogP contribution in [0.1, 0.15) is 38.5 Å². The third kappa shape index (κ3) is 5.99. The molecule has 2 aromatic heterocycles. The zero-order valence-electron chi connectivity index (χ0n) is 25.6. The van der Waals surface area contributed by atoms with Gasteiger partial charge in [0, 0.05) is 36.4 Å². The summed E-state index contributed by atoms with van der Waals surface area (Å²) < 4.78 is 23.3. The van der Waals surface area contributed by atoms with E-state index in [9.17, 15) is 0 Å². The topological polar surface area (TPSA) is 110 Å². The fraction of sp³-hybridized carbons (Fsp3) is 0.469. The molecule has 2 N–H and O–H groups in total. The van der Waals surface area contributed by atoms with Crippen LogP contribution in [-0.4, -0.2) is 85.7 Å². The van der Waals surface area contributed by atoms with Crippen LogP contribution in [0.25, 0.3) is 22.3 Å². The highest BCUT2D eigenvalue weighted by atomic mass is 16.5. The number of nitrogens with zero attached hydrogens (tertiary/aromatic N) is 5. The van der Waals surface area contributed by atoms with Gasteiger partial charge in [-0.1, -0.05) is 0 Å². The fourth-order valence-corrected chi connectivity index (χ4v) is 6.14. The molecule has 43 heavy (non-hydrogen) atoms. The van der Waals surface area contributed by atoms with E-state index in [1.807, 2.05) is 24.3 Å². The van der Waals surface area contributed by atoms with Crippen molar-refractivity contribution in [2.75, 3.05) is 58.7 Å². The lowest BCUT2D eigenvalue weighted by molar-refractivity contribution is 0.204. The van der Waals surface area contributed by atoms with Crippen LogP contribution < -0.4 is 29.2 Å². The van der Waals surface area contributed by atoms with E-state index in [0.29, 0.717) is 35.0 Å². The zero-order valence-corrected chi connectivity index (χ0v) is 25.6. The van der Waals surface area contributed by atoms with E-state index in [4.69, 9.17) is 28.9 Å². The van der Waals surface area contributed by atoms with Crippen LogP contribution in [0.2, 0.25) is 0 Å². The van der Waals surface area contributed by atoms with Gasteiger partial charge >= 0.3 is 0 Å². The van der Waals surface area contributed by atoms with Crippen LogP contribution in [0, 0.1) is 0 Å². The van der Waals surface area contributed by atoms with Gasteiger partial charge in [0.25, 0.3) is 0 Å². The molecule has 3 heterocycles. The van der Waals surface area contributed by atoms with Crippen molar-refractivity contribution in [1.82, 2.24) is 25.1 Å². The number of hydrogen-bond acceptors (Lipinski definition) is 10. The maximum absolute atomic E-state index is 6.52. The number of benzene rings is 2. The molecule has 0 amide bonds. The van der Waals surface area contributed by atoms with Gasteiger partial charge in [0.05, 0.1) is 32.7 Å². The predicted molar refractivity (Wildman–Crippen MR) is 168 cm³/mol. The number of H-pyrrole nitrogens is 1. The fourth-order valence-electron chi connectivity index (χ4n) is 6.14. The van der Waals surface area contributed by atoms with Gasteiger partial charge in [-0.15, -0.1) is 0 Å². The second-order valence-electron chi connectivity index (χ2n) is 11.4. The van der Waals surface area contributed by atoms with E-state index in [1.54, 1.807) is 21.3 Å². The van der Waals surface area contributed by atoms with Crippen molar-refractivity contribution in [3.8, 4) is 34.4 Å². The molecule has 2 aliphatic rings. The molecule has 1 saturated heterocycles. The Morgan fingerprint density at radius 2 is 1.60 bits per heavy atom. The van der Waals surface area contributed by atoms with Crippen LogP contribution in [0.4, 0.5) is 17.3 Å². The summed E-state index contributed by atoms with van der Waals surface area (Å²) in [5.74, 6) is 2.89. The second-order valence-corrected chi connectivity index (χ2v) is 11.4. The number of rotatable bonds is 10. The first-order valence-corrected chi connectivity index (χ1v) is 15.0. The lowest BCUT2D eigenvalue weighted by atomic mass is 10.0. The van der Waals surface area contributed by atoms with Crippen molar-refractivity contribution in [3.05, 3.63) is 36.4 Å². The summed E-state index contributed by atoms with van der Waals surface area (Å²) in [6.07, 6.45) is 6.67. The lowest BCUT2D eigenvalue weighted by Crippen LogP contribution is -2.41. The van der Waals surface area contributed by atoms with Gasteiger partial charge in [0.1, 0.15) is 17.2 Å². The Kier molecular flexibility index (Phi) is 8.42. The molecule has 6 rings (SSSR count). The lowest BCUT2D eigenvalue weighted by Gasteiger charge is -2.36. The van der Waals surface area contributed by atoms with Crippen molar-refractivity contribution >= 4 is 28.4 Å². The van der Waals surface area contributed by atoms with Crippen LogP contribution >= 0.6 is 0 Å². The maximum atomic E-state index is 6.52. The Balaban J connectivity index is 1.32. The highest BCUT2D eigenvalue weighted by Crippen LogP contribution is 2.39. The van der Waals surface area contributed by atoms with Crippen LogP contribution in [0.3, 0.4) is 0 Å². The van der Waals surface area contributed by atoms with E-state index in [-0.39, 0.29) is 6.10 Å². The summed E-state index contributed by atoms with van der Waals surface area (Å²) >= 11 is 0. The van der Waals surface area contributed by atoms with Gasteiger partial charge in [0.15, 0.2) is 17.1 Å². The molecule has 0 bridgehead atoms. The zero-order chi connectivity index (χ0) is 29.9. The largest absolute Gasteiger partial charge is 0.494 e. The van der Waals surface area contributed by atoms with Crippen molar-refractivity contribution in [1.29, 1.82) is 0 Å². The molecule has 0 spiro atoms. The summed E-state index contributed by atoms with van der Waals surface area (Å²) in [5, 5.41) is 11.8. The van der Waals surface area contributed by atoms with Gasteiger partial charge in [-0.2, -0.15) is 15.1 Å². The van der Waals surface area contributed by atoms with Crippen LogP contribution in [-0.2, 0) is 0 Å². The molecule has 1 aliphatic carbocycles. The monoisotopic (exact) mass is 587 g/mol. The second kappa shape index (κ2) is 12.5. The van der Waals surface area contributed by atoms with Crippen molar-refractivity contribution in [3.63, 3.8) is 0 Å². The highest BCUT2D eigenvalue weighted by molar-refractivity contribution is 5.95. The normalized spacial score (nSPS) is 16.2. The van der Waals surface area contributed by atoms with E-state index >= 15 is 0 Å². The first-order chi connectivity index (χ1) is 21.0. The van der Waals surface area contributed by atoms with Crippen molar-refractivity contribution < 1.29 is 18.9 Å². The quantitative estimate of drug-likeness (QED) is 0.242. The Morgan fingerprint density at radius 1 is 0.860 bits per heavy atom. The minimum Gasteiger partial charge on any atom is -0.494 e. The number of hydrogen-bond donors (Lipinski definition) is 2. The number of aromatic nitrogens is 4. The Morgan fingerprint density at radius 3 is 2.30 bits per heavy atom. The molecule has 11 nitrogen and oxygen atoms in total. The summed E-state index contributed by atoms with van der Waals surface area (Å²) in [6.45, 7) is 2.03. The van der Waals surface area contributed by atoms with E-state index < -0.39 is 0 Å². The number of anilines is 3. The summed E-state index contributed by atoms with van der Waals surface area (Å²) in [6, 6.07) is 12.6. The SMILES string of the molecule is COc1cc(N2CCC(N(C)C)CC2)ccc1Nc1nc(OC2CCCC2)c2c(-c3ccc(OC)c(OC)c3)[nH]nc2n1. The Hall–Kier alpha value is -4.25. The molecular weight excluding hydrogens is 546 g/mol. The van der Waals surface area contributed by atoms with Crippen molar-refractivity contribution in [2.24, 2.45) is 0 Å². The summed E-state index contributed by atoms with van der Waals surface area (Å²) in [5.41, 5.74) is 4.06. The van der Waals surface area contributed by atoms with Gasteiger partial charge in [-0.05, 0) is 83.0 Å². The number of nitrogens with one attached hydrogen (secondary N) is 2. The summed E-state index contributed by atoms with van der Waals surface area (Å²) in [4.78, 5) is 14.4. The molecule has 228 valence electrons. The Bertz CT molecular complexity index is 1560. The van der Waals surface area contributed by atoms with Gasteiger partial charge in [-0.3, -0.25) is 5.10 Å². The van der Waals surface area contributed by atoms with E-state index in [1.165, 1.54) is 0 Å². The minimum absolute atomic E-state index is 0.101. The standard InChI is InChI=1S/C32H41N7O4/c1-38(2)21-14-16-39(17-15-21)22-11-12-24(26(19-22)41-4)33-32-34-30-28(31(35-32)43-23-8-6-7-9-23)29(36-37-30)20-10-13-25(40-3)27(18-20)42-5/h10-13,18-19,21,23H,6-9,14-17H2,1-5H3,(H2,33,34,35,36,37). The molecule has 1 aliphatic heterocycles. The highest BCUT2D eigenvalue weighted by Gasteiger charge is 2.25. The molecule has 1 saturated carbocycles. The molecule has 2 fully saturated rings. The first kappa shape index (κ1) is 28.9. The average Bonchev–Trinajstić information content (AvgIpc) is 3.71. The number of methoxy groups -OCH3 is 3. The molecular formula is C32H41N7O4. The minimum atomic E-state index is 0.101. The molecule has 0 radical (unpaired) electrons. The summed E-state index contributed by atoms with van der Waals surface area (Å²) in [7, 11) is 9.25. The van der Waals surface area contributed by atoms with Gasteiger partial charge < -0.3 is 34.1 Å². The van der Waals surface area contributed by atoms with E-state index in [2.05, 4.69) is 51.5 Å². The molecule has 0 unspecified atom stereocenters.